The summed E-state index contributed by atoms with van der Waals surface area (Å²) in [6.07, 6.45) is 2.56. The number of aliphatic hydroxyl groups excluding tert-OH is 1. The van der Waals surface area contributed by atoms with Crippen molar-refractivity contribution in [2.24, 2.45) is 0 Å². The minimum atomic E-state index is -0.365. The minimum absolute atomic E-state index is 0.325. The summed E-state index contributed by atoms with van der Waals surface area (Å²) in [5.41, 5.74) is 1.41. The molecule has 0 aromatic carbocycles. The van der Waals surface area contributed by atoms with E-state index in [4.69, 9.17) is 5.11 Å². The van der Waals surface area contributed by atoms with Crippen molar-refractivity contribution in [3.63, 3.8) is 0 Å². The van der Waals surface area contributed by atoms with Crippen molar-refractivity contribution in [3.05, 3.63) is 29.6 Å². The van der Waals surface area contributed by atoms with Crippen LogP contribution in [0.25, 0.3) is 0 Å². The number of aliphatic hydroxyl groups is 1. The Morgan fingerprint density at radius 2 is 2.38 bits per heavy atom. The van der Waals surface area contributed by atoms with Crippen LogP contribution >= 0.6 is 0 Å². The second-order valence-electron chi connectivity index (χ2n) is 2.57. The van der Waals surface area contributed by atoms with Gasteiger partial charge in [0, 0.05) is 6.20 Å². The summed E-state index contributed by atoms with van der Waals surface area (Å²) in [5, 5.41) is 10.7. The molecular weight excluding hydrogens is 168 g/mol. The highest BCUT2D eigenvalue weighted by Crippen LogP contribution is 2.00. The van der Waals surface area contributed by atoms with Crippen LogP contribution in [0.5, 0.6) is 0 Å². The third-order valence-electron chi connectivity index (χ3n) is 1.71. The lowest BCUT2D eigenvalue weighted by atomic mass is 10.2. The van der Waals surface area contributed by atoms with Crippen molar-refractivity contribution in [3.8, 4) is 0 Å². The predicted octanol–water partition coefficient (Wildman–Crippen LogP) is 0.324. The smallest absolute Gasteiger partial charge is 0.271 e. The molecule has 1 aromatic heterocycles. The summed E-state index contributed by atoms with van der Waals surface area (Å²) >= 11 is 0. The van der Waals surface area contributed by atoms with Crippen molar-refractivity contribution in [1.29, 1.82) is 0 Å². The number of amides is 1. The Hall–Kier alpha value is -1.42. The molecule has 0 unspecified atom stereocenters. The van der Waals surface area contributed by atoms with Crippen molar-refractivity contribution in [2.75, 3.05) is 6.73 Å². The average molecular weight is 180 g/mol. The maximum atomic E-state index is 11.1. The minimum Gasteiger partial charge on any atom is -0.376 e. The van der Waals surface area contributed by atoms with E-state index in [1.54, 1.807) is 12.3 Å². The van der Waals surface area contributed by atoms with Gasteiger partial charge in [0.25, 0.3) is 5.91 Å². The Kier molecular flexibility index (Phi) is 3.40. The van der Waals surface area contributed by atoms with Crippen molar-refractivity contribution < 1.29 is 9.90 Å². The van der Waals surface area contributed by atoms with Crippen LogP contribution in [0.1, 0.15) is 23.0 Å². The molecule has 0 spiro atoms. The van der Waals surface area contributed by atoms with Gasteiger partial charge in [0.05, 0.1) is 0 Å². The Bertz CT molecular complexity index is 282. The van der Waals surface area contributed by atoms with Crippen LogP contribution in [0.4, 0.5) is 0 Å². The first-order valence-corrected chi connectivity index (χ1v) is 4.12. The van der Waals surface area contributed by atoms with Crippen LogP contribution in [0.15, 0.2) is 18.3 Å². The van der Waals surface area contributed by atoms with Gasteiger partial charge in [-0.2, -0.15) is 0 Å². The lowest BCUT2D eigenvalue weighted by Crippen LogP contribution is -2.24. The molecule has 0 saturated heterocycles. The Morgan fingerprint density at radius 3 is 2.85 bits per heavy atom. The number of pyridine rings is 1. The predicted molar refractivity (Wildman–Crippen MR) is 48.2 cm³/mol. The molecule has 70 valence electrons. The molecule has 1 aromatic rings. The third kappa shape index (κ3) is 2.52. The van der Waals surface area contributed by atoms with Crippen LogP contribution in [0.2, 0.25) is 0 Å². The summed E-state index contributed by atoms with van der Waals surface area (Å²) in [6.45, 7) is 1.65. The second-order valence-corrected chi connectivity index (χ2v) is 2.57. The molecule has 1 rings (SSSR count). The zero-order chi connectivity index (χ0) is 9.68. The lowest BCUT2D eigenvalue weighted by Gasteiger charge is -2.01. The zero-order valence-corrected chi connectivity index (χ0v) is 7.45. The number of hydrogen-bond donors (Lipinski definition) is 2. The van der Waals surface area contributed by atoms with Crippen molar-refractivity contribution in [2.45, 2.75) is 13.3 Å². The summed E-state index contributed by atoms with van der Waals surface area (Å²) in [5.74, 6) is -0.356. The molecular formula is C9H12N2O2. The summed E-state index contributed by atoms with van der Waals surface area (Å²) in [6, 6.07) is 3.49. The molecule has 4 heteroatoms. The van der Waals surface area contributed by atoms with E-state index in [-0.39, 0.29) is 12.6 Å². The van der Waals surface area contributed by atoms with Crippen LogP contribution < -0.4 is 5.32 Å². The third-order valence-corrected chi connectivity index (χ3v) is 1.71. The summed E-state index contributed by atoms with van der Waals surface area (Å²) < 4.78 is 0. The second kappa shape index (κ2) is 4.57. The van der Waals surface area contributed by atoms with Gasteiger partial charge < -0.3 is 10.4 Å². The van der Waals surface area contributed by atoms with Gasteiger partial charge in [-0.25, -0.2) is 0 Å². The van der Waals surface area contributed by atoms with Gasteiger partial charge in [0.2, 0.25) is 0 Å². The Morgan fingerprint density at radius 1 is 1.62 bits per heavy atom. The number of aryl methyl sites for hydroxylation is 1. The fraction of sp³-hybridized carbons (Fsp3) is 0.333. The normalized spacial score (nSPS) is 9.69. The van der Waals surface area contributed by atoms with E-state index in [2.05, 4.69) is 10.3 Å². The van der Waals surface area contributed by atoms with E-state index in [1.165, 1.54) is 0 Å². The van der Waals surface area contributed by atoms with Gasteiger partial charge in [-0.1, -0.05) is 13.0 Å². The van der Waals surface area contributed by atoms with Crippen LogP contribution in [-0.2, 0) is 6.42 Å². The topological polar surface area (TPSA) is 62.2 Å². The molecule has 0 fully saturated rings. The maximum absolute atomic E-state index is 11.1. The fourth-order valence-corrected chi connectivity index (χ4v) is 0.930. The quantitative estimate of drug-likeness (QED) is 0.659. The molecule has 2 N–H and O–H groups in total. The number of rotatable bonds is 3. The largest absolute Gasteiger partial charge is 0.376 e. The number of carbonyl (C=O) groups is 1. The van der Waals surface area contributed by atoms with Gasteiger partial charge in [0.1, 0.15) is 12.4 Å². The first-order chi connectivity index (χ1) is 6.27. The monoisotopic (exact) mass is 180 g/mol. The van der Waals surface area contributed by atoms with E-state index >= 15 is 0 Å². The molecule has 0 saturated carbocycles. The molecule has 4 nitrogen and oxygen atoms in total. The first-order valence-electron chi connectivity index (χ1n) is 4.12. The van der Waals surface area contributed by atoms with Gasteiger partial charge in [-0.15, -0.1) is 0 Å². The fourth-order valence-electron chi connectivity index (χ4n) is 0.930. The summed E-state index contributed by atoms with van der Waals surface area (Å²) in [4.78, 5) is 15.1. The molecule has 1 amide bonds. The summed E-state index contributed by atoms with van der Waals surface area (Å²) in [7, 11) is 0. The molecule has 0 bridgehead atoms. The molecule has 1 heterocycles. The number of carbonyl (C=O) groups excluding carboxylic acids is 1. The van der Waals surface area contributed by atoms with Gasteiger partial charge in [0.15, 0.2) is 0 Å². The van der Waals surface area contributed by atoms with Gasteiger partial charge in [-0.3, -0.25) is 9.78 Å². The van der Waals surface area contributed by atoms with Crippen molar-refractivity contribution >= 4 is 5.91 Å². The SMILES string of the molecule is CCc1ccc(C(=O)NCO)nc1. The highest BCUT2D eigenvalue weighted by Gasteiger charge is 2.04. The van der Waals surface area contributed by atoms with E-state index in [9.17, 15) is 4.79 Å². The maximum Gasteiger partial charge on any atom is 0.271 e. The first kappa shape index (κ1) is 9.67. The van der Waals surface area contributed by atoms with Crippen molar-refractivity contribution in [1.82, 2.24) is 10.3 Å². The van der Waals surface area contributed by atoms with Crippen LogP contribution in [0.3, 0.4) is 0 Å². The Labute approximate surface area is 76.6 Å². The van der Waals surface area contributed by atoms with Crippen LogP contribution in [-0.4, -0.2) is 22.7 Å². The Balaban J connectivity index is 2.74. The van der Waals surface area contributed by atoms with E-state index in [1.807, 2.05) is 13.0 Å². The van der Waals surface area contributed by atoms with Crippen LogP contribution in [0, 0.1) is 0 Å². The molecule has 0 aliphatic carbocycles. The number of nitrogens with zero attached hydrogens (tertiary/aromatic N) is 1. The van der Waals surface area contributed by atoms with Gasteiger partial charge in [-0.05, 0) is 18.1 Å². The molecule has 0 radical (unpaired) electrons. The highest BCUT2D eigenvalue weighted by molar-refractivity contribution is 5.92. The molecule has 0 aliphatic heterocycles. The highest BCUT2D eigenvalue weighted by atomic mass is 16.3. The van der Waals surface area contributed by atoms with E-state index < -0.39 is 0 Å². The molecule has 0 atom stereocenters. The molecule has 0 aliphatic rings. The van der Waals surface area contributed by atoms with E-state index in [0.29, 0.717) is 5.69 Å². The number of nitrogens with one attached hydrogen (secondary N) is 1. The zero-order valence-electron chi connectivity index (χ0n) is 7.45. The number of hydrogen-bond acceptors (Lipinski definition) is 3. The average Bonchev–Trinajstić information content (AvgIpc) is 2.18. The van der Waals surface area contributed by atoms with E-state index in [0.717, 1.165) is 12.0 Å². The standard InChI is InChI=1S/C9H12N2O2/c1-2-7-3-4-8(10-5-7)9(13)11-6-12/h3-5,12H,2,6H2,1H3,(H,11,13). The number of aromatic nitrogens is 1. The molecule has 13 heavy (non-hydrogen) atoms. The van der Waals surface area contributed by atoms with Gasteiger partial charge >= 0.3 is 0 Å². The lowest BCUT2D eigenvalue weighted by molar-refractivity contribution is 0.0905.